The van der Waals surface area contributed by atoms with Crippen LogP contribution in [-0.4, -0.2) is 11.5 Å². The number of pyridine rings is 1. The molecule has 1 heterocycles. The molecule has 3 nitrogen and oxygen atoms in total. The Morgan fingerprint density at radius 1 is 1.50 bits per heavy atom. The zero-order valence-electron chi connectivity index (χ0n) is 9.17. The van der Waals surface area contributed by atoms with Gasteiger partial charge in [-0.2, -0.15) is 0 Å². The molecule has 4 heteroatoms. The average Bonchev–Trinajstić information content (AvgIpc) is 3.11. The first-order valence-corrected chi connectivity index (χ1v) is 6.64. The fourth-order valence-corrected chi connectivity index (χ4v) is 2.94. The van der Waals surface area contributed by atoms with E-state index in [1.54, 1.807) is 6.20 Å². The minimum atomic E-state index is 0.600. The maximum atomic E-state index is 5.66. The molecule has 16 heavy (non-hydrogen) atoms. The lowest BCUT2D eigenvalue weighted by Crippen LogP contribution is -2.18. The molecule has 1 aromatic rings. The largest absolute Gasteiger partial charge is 0.397 e. The first-order valence-electron chi connectivity index (χ1n) is 5.84. The van der Waals surface area contributed by atoms with E-state index >= 15 is 0 Å². The molecule has 86 valence electrons. The zero-order valence-corrected chi connectivity index (χ0v) is 10.8. The Morgan fingerprint density at radius 3 is 2.81 bits per heavy atom. The number of hydrogen-bond donors (Lipinski definition) is 2. The third kappa shape index (κ3) is 1.90. The number of nitrogens with one attached hydrogen (secondary N) is 1. The van der Waals surface area contributed by atoms with Crippen LogP contribution in [0.5, 0.6) is 0 Å². The molecular formula is C12H16BrN3. The van der Waals surface area contributed by atoms with Gasteiger partial charge >= 0.3 is 0 Å². The number of nitrogen functional groups attached to an aromatic ring is 1. The van der Waals surface area contributed by atoms with Gasteiger partial charge in [-0.25, -0.2) is 4.98 Å². The van der Waals surface area contributed by atoms with E-state index in [9.17, 15) is 0 Å². The number of anilines is 2. The molecule has 3 rings (SSSR count). The number of rotatable bonds is 4. The first kappa shape index (κ1) is 10.4. The SMILES string of the molecule is Nc1cnc(NCC2(C3CC3)CC2)c(Br)c1. The fraction of sp³-hybridized carbons (Fsp3) is 0.583. The van der Waals surface area contributed by atoms with Crippen LogP contribution in [0.15, 0.2) is 16.7 Å². The van der Waals surface area contributed by atoms with Crippen molar-refractivity contribution in [1.29, 1.82) is 0 Å². The molecule has 0 saturated heterocycles. The van der Waals surface area contributed by atoms with E-state index in [1.165, 1.54) is 25.7 Å². The Balaban J connectivity index is 1.66. The first-order chi connectivity index (χ1) is 7.70. The Morgan fingerprint density at radius 2 is 2.25 bits per heavy atom. The zero-order chi connectivity index (χ0) is 11.2. The summed E-state index contributed by atoms with van der Waals surface area (Å²) in [7, 11) is 0. The quantitative estimate of drug-likeness (QED) is 0.892. The normalized spacial score (nSPS) is 21.8. The molecule has 2 saturated carbocycles. The van der Waals surface area contributed by atoms with Crippen LogP contribution in [0.1, 0.15) is 25.7 Å². The van der Waals surface area contributed by atoms with Crippen molar-refractivity contribution in [1.82, 2.24) is 4.98 Å². The summed E-state index contributed by atoms with van der Waals surface area (Å²) in [6.07, 6.45) is 7.33. The Kier molecular flexibility index (Phi) is 2.35. The molecule has 0 aromatic carbocycles. The molecule has 1 aromatic heterocycles. The summed E-state index contributed by atoms with van der Waals surface area (Å²) >= 11 is 3.48. The smallest absolute Gasteiger partial charge is 0.140 e. The van der Waals surface area contributed by atoms with Gasteiger partial charge in [0, 0.05) is 6.54 Å². The second-order valence-corrected chi connectivity index (χ2v) is 5.94. The van der Waals surface area contributed by atoms with Gasteiger partial charge in [0.1, 0.15) is 5.82 Å². The van der Waals surface area contributed by atoms with E-state index in [4.69, 9.17) is 5.73 Å². The molecule has 0 spiro atoms. The molecule has 2 aliphatic rings. The van der Waals surface area contributed by atoms with Gasteiger partial charge in [0.25, 0.3) is 0 Å². The van der Waals surface area contributed by atoms with Gasteiger partial charge < -0.3 is 11.1 Å². The standard InChI is InChI=1S/C12H16BrN3/c13-10-5-9(14)6-15-11(10)16-7-12(3-4-12)8-1-2-8/h5-6,8H,1-4,7,14H2,(H,15,16). The van der Waals surface area contributed by atoms with E-state index < -0.39 is 0 Å². The Hall–Kier alpha value is -0.770. The minimum absolute atomic E-state index is 0.600. The summed E-state index contributed by atoms with van der Waals surface area (Å²) in [6, 6.07) is 1.89. The molecule has 0 atom stereocenters. The highest BCUT2D eigenvalue weighted by molar-refractivity contribution is 9.10. The van der Waals surface area contributed by atoms with Gasteiger partial charge in [0.05, 0.1) is 16.4 Å². The van der Waals surface area contributed by atoms with Gasteiger partial charge in [-0.15, -0.1) is 0 Å². The molecule has 2 fully saturated rings. The summed E-state index contributed by atoms with van der Waals surface area (Å²) < 4.78 is 0.957. The lowest BCUT2D eigenvalue weighted by atomic mass is 10.0. The van der Waals surface area contributed by atoms with Crippen LogP contribution in [0, 0.1) is 11.3 Å². The maximum Gasteiger partial charge on any atom is 0.140 e. The topological polar surface area (TPSA) is 50.9 Å². The Bertz CT molecular complexity index is 411. The molecule has 2 aliphatic carbocycles. The summed E-state index contributed by atoms with van der Waals surface area (Å²) in [6.45, 7) is 1.06. The summed E-state index contributed by atoms with van der Waals surface area (Å²) in [5.41, 5.74) is 6.95. The number of nitrogens with two attached hydrogens (primary N) is 1. The predicted octanol–water partition coefficient (Wildman–Crippen LogP) is 3.03. The molecule has 0 bridgehead atoms. The van der Waals surface area contributed by atoms with Crippen LogP contribution in [0.3, 0.4) is 0 Å². The number of nitrogens with zero attached hydrogens (tertiary/aromatic N) is 1. The van der Waals surface area contributed by atoms with Gasteiger partial charge in [-0.3, -0.25) is 0 Å². The second kappa shape index (κ2) is 3.62. The van der Waals surface area contributed by atoms with E-state index in [-0.39, 0.29) is 0 Å². The van der Waals surface area contributed by atoms with Crippen LogP contribution in [-0.2, 0) is 0 Å². The van der Waals surface area contributed by atoms with Crippen LogP contribution in [0.25, 0.3) is 0 Å². The van der Waals surface area contributed by atoms with Crippen LogP contribution < -0.4 is 11.1 Å². The molecule has 3 N–H and O–H groups in total. The van der Waals surface area contributed by atoms with Gasteiger partial charge in [-0.05, 0) is 59.0 Å². The van der Waals surface area contributed by atoms with Crippen LogP contribution in [0.4, 0.5) is 11.5 Å². The summed E-state index contributed by atoms with van der Waals surface area (Å²) in [4.78, 5) is 4.31. The van der Waals surface area contributed by atoms with Crippen molar-refractivity contribution in [2.24, 2.45) is 11.3 Å². The second-order valence-electron chi connectivity index (χ2n) is 5.09. The van der Waals surface area contributed by atoms with Crippen molar-refractivity contribution in [2.75, 3.05) is 17.6 Å². The van der Waals surface area contributed by atoms with Crippen molar-refractivity contribution in [2.45, 2.75) is 25.7 Å². The summed E-state index contributed by atoms with van der Waals surface area (Å²) in [5, 5.41) is 3.45. The number of halogens is 1. The third-order valence-electron chi connectivity index (χ3n) is 3.81. The lowest BCUT2D eigenvalue weighted by Gasteiger charge is -2.16. The highest BCUT2D eigenvalue weighted by atomic mass is 79.9. The van der Waals surface area contributed by atoms with Gasteiger partial charge in [-0.1, -0.05) is 0 Å². The third-order valence-corrected chi connectivity index (χ3v) is 4.41. The molecule has 0 unspecified atom stereocenters. The van der Waals surface area contributed by atoms with Crippen LogP contribution in [0.2, 0.25) is 0 Å². The highest BCUT2D eigenvalue weighted by Gasteiger charge is 2.53. The van der Waals surface area contributed by atoms with Crippen molar-refractivity contribution in [3.63, 3.8) is 0 Å². The number of aromatic nitrogens is 1. The van der Waals surface area contributed by atoms with E-state index in [1.807, 2.05) is 6.07 Å². The lowest BCUT2D eigenvalue weighted by molar-refractivity contribution is 0.466. The van der Waals surface area contributed by atoms with Crippen molar-refractivity contribution >= 4 is 27.4 Å². The monoisotopic (exact) mass is 281 g/mol. The van der Waals surface area contributed by atoms with Gasteiger partial charge in [0.2, 0.25) is 0 Å². The van der Waals surface area contributed by atoms with Crippen molar-refractivity contribution in [3.8, 4) is 0 Å². The molecule has 0 amide bonds. The fourth-order valence-electron chi connectivity index (χ4n) is 2.43. The summed E-state index contributed by atoms with van der Waals surface area (Å²) in [5.74, 6) is 1.90. The maximum absolute atomic E-state index is 5.66. The number of hydrogen-bond acceptors (Lipinski definition) is 3. The van der Waals surface area contributed by atoms with Gasteiger partial charge in [0.15, 0.2) is 0 Å². The van der Waals surface area contributed by atoms with Crippen LogP contribution >= 0.6 is 15.9 Å². The molecule has 0 radical (unpaired) electrons. The van der Waals surface area contributed by atoms with Crippen molar-refractivity contribution < 1.29 is 0 Å². The average molecular weight is 282 g/mol. The Labute approximate surface area is 104 Å². The molecule has 0 aliphatic heterocycles. The molecular weight excluding hydrogens is 266 g/mol. The van der Waals surface area contributed by atoms with E-state index in [0.717, 1.165) is 22.8 Å². The predicted molar refractivity (Wildman–Crippen MR) is 69.2 cm³/mol. The minimum Gasteiger partial charge on any atom is -0.397 e. The van der Waals surface area contributed by atoms with Crippen molar-refractivity contribution in [3.05, 3.63) is 16.7 Å². The highest BCUT2D eigenvalue weighted by Crippen LogP contribution is 2.61. The van der Waals surface area contributed by atoms with E-state index in [2.05, 4.69) is 26.2 Å². The van der Waals surface area contributed by atoms with E-state index in [0.29, 0.717) is 11.1 Å².